The Balaban J connectivity index is 1.86. The van der Waals surface area contributed by atoms with Gasteiger partial charge in [0, 0.05) is 12.2 Å². The lowest BCUT2D eigenvalue weighted by atomic mass is 9.78. The monoisotopic (exact) mass is 287 g/mol. The van der Waals surface area contributed by atoms with Crippen molar-refractivity contribution < 1.29 is 14.7 Å². The summed E-state index contributed by atoms with van der Waals surface area (Å²) < 4.78 is 0. The van der Waals surface area contributed by atoms with Gasteiger partial charge in [0.15, 0.2) is 0 Å². The van der Waals surface area contributed by atoms with E-state index in [0.29, 0.717) is 19.4 Å². The van der Waals surface area contributed by atoms with Crippen molar-refractivity contribution in [1.29, 1.82) is 0 Å². The first kappa shape index (κ1) is 14.1. The van der Waals surface area contributed by atoms with Crippen molar-refractivity contribution in [2.75, 3.05) is 11.4 Å². The highest BCUT2D eigenvalue weighted by Gasteiger charge is 2.38. The number of para-hydroxylation sites is 1. The van der Waals surface area contributed by atoms with Gasteiger partial charge in [0.2, 0.25) is 5.91 Å². The van der Waals surface area contributed by atoms with Gasteiger partial charge in [-0.3, -0.25) is 9.59 Å². The number of nitrogens with zero attached hydrogens (tertiary/aromatic N) is 1. The third kappa shape index (κ3) is 2.67. The minimum Gasteiger partial charge on any atom is -0.481 e. The van der Waals surface area contributed by atoms with Gasteiger partial charge in [0.25, 0.3) is 0 Å². The molecule has 1 aromatic carbocycles. The molecule has 112 valence electrons. The molecule has 2 unspecified atom stereocenters. The maximum atomic E-state index is 12.9. The summed E-state index contributed by atoms with van der Waals surface area (Å²) in [6.07, 6.45) is 5.14. The van der Waals surface area contributed by atoms with Crippen molar-refractivity contribution in [2.45, 2.75) is 38.5 Å². The van der Waals surface area contributed by atoms with Crippen LogP contribution >= 0.6 is 0 Å². The molecule has 0 aromatic heterocycles. The minimum absolute atomic E-state index is 0.00856. The Morgan fingerprint density at radius 2 is 1.76 bits per heavy atom. The number of fused-ring (bicyclic) bond motifs is 1. The number of rotatable bonds is 2. The molecule has 4 nitrogen and oxygen atoms in total. The van der Waals surface area contributed by atoms with Gasteiger partial charge in [-0.1, -0.05) is 31.0 Å². The molecule has 1 N–H and O–H groups in total. The standard InChI is InChI=1S/C17H21NO3/c19-16(13-8-2-3-9-14(13)17(20)21)18-11-5-7-12-6-1-4-10-15(12)18/h1,4,6,10,13-14H,2-3,5,7-9,11H2,(H,20,21). The van der Waals surface area contributed by atoms with E-state index in [0.717, 1.165) is 31.4 Å². The molecule has 2 atom stereocenters. The molecule has 1 aliphatic carbocycles. The zero-order chi connectivity index (χ0) is 14.8. The third-order valence-electron chi connectivity index (χ3n) is 4.78. The lowest BCUT2D eigenvalue weighted by molar-refractivity contribution is -0.148. The molecule has 3 rings (SSSR count). The molecule has 0 spiro atoms. The normalized spacial score (nSPS) is 25.2. The van der Waals surface area contributed by atoms with Crippen molar-refractivity contribution >= 4 is 17.6 Å². The topological polar surface area (TPSA) is 57.6 Å². The van der Waals surface area contributed by atoms with Gasteiger partial charge in [0.1, 0.15) is 0 Å². The van der Waals surface area contributed by atoms with Crippen LogP contribution in [0.2, 0.25) is 0 Å². The summed E-state index contributed by atoms with van der Waals surface area (Å²) in [5.41, 5.74) is 2.17. The smallest absolute Gasteiger partial charge is 0.307 e. The van der Waals surface area contributed by atoms with E-state index in [1.165, 1.54) is 5.56 Å². The summed E-state index contributed by atoms with van der Waals surface area (Å²) in [7, 11) is 0. The number of carboxylic acid groups (broad SMARTS) is 1. The van der Waals surface area contributed by atoms with Crippen LogP contribution in [0.1, 0.15) is 37.7 Å². The van der Waals surface area contributed by atoms with E-state index in [1.54, 1.807) is 0 Å². The molecule has 2 aliphatic rings. The Labute approximate surface area is 124 Å². The van der Waals surface area contributed by atoms with E-state index in [-0.39, 0.29) is 11.8 Å². The molecule has 21 heavy (non-hydrogen) atoms. The quantitative estimate of drug-likeness (QED) is 0.910. The van der Waals surface area contributed by atoms with E-state index < -0.39 is 11.9 Å². The lowest BCUT2D eigenvalue weighted by Gasteiger charge is -2.35. The highest BCUT2D eigenvalue weighted by atomic mass is 16.4. The second kappa shape index (κ2) is 5.88. The number of anilines is 1. The molecule has 1 fully saturated rings. The summed E-state index contributed by atoms with van der Waals surface area (Å²) in [6, 6.07) is 7.97. The maximum absolute atomic E-state index is 12.9. The van der Waals surface area contributed by atoms with Crippen LogP contribution in [0.5, 0.6) is 0 Å². The van der Waals surface area contributed by atoms with Crippen LogP contribution < -0.4 is 4.90 Å². The van der Waals surface area contributed by atoms with Crippen LogP contribution in [0, 0.1) is 11.8 Å². The Hall–Kier alpha value is -1.84. The van der Waals surface area contributed by atoms with Crippen molar-refractivity contribution in [1.82, 2.24) is 0 Å². The summed E-state index contributed by atoms with van der Waals surface area (Å²) in [5.74, 6) is -1.68. The molecule has 4 heteroatoms. The van der Waals surface area contributed by atoms with E-state index >= 15 is 0 Å². The summed E-state index contributed by atoms with van der Waals surface area (Å²) in [4.78, 5) is 26.1. The minimum atomic E-state index is -0.821. The Morgan fingerprint density at radius 3 is 2.52 bits per heavy atom. The molecule has 1 aliphatic heterocycles. The molecular formula is C17H21NO3. The molecule has 1 heterocycles. The Kier molecular flexibility index (Phi) is 3.95. The van der Waals surface area contributed by atoms with Crippen LogP contribution in [-0.4, -0.2) is 23.5 Å². The molecule has 1 saturated carbocycles. The van der Waals surface area contributed by atoms with E-state index in [4.69, 9.17) is 0 Å². The number of hydrogen-bond donors (Lipinski definition) is 1. The van der Waals surface area contributed by atoms with E-state index in [9.17, 15) is 14.7 Å². The van der Waals surface area contributed by atoms with Crippen LogP contribution in [0.3, 0.4) is 0 Å². The van der Waals surface area contributed by atoms with E-state index in [2.05, 4.69) is 6.07 Å². The second-order valence-electron chi connectivity index (χ2n) is 6.06. The number of amides is 1. The third-order valence-corrected chi connectivity index (χ3v) is 4.78. The number of carbonyl (C=O) groups is 2. The van der Waals surface area contributed by atoms with E-state index in [1.807, 2.05) is 23.1 Å². The van der Waals surface area contributed by atoms with Crippen molar-refractivity contribution in [3.05, 3.63) is 29.8 Å². The molecule has 0 radical (unpaired) electrons. The number of carbonyl (C=O) groups excluding carboxylic acids is 1. The highest BCUT2D eigenvalue weighted by Crippen LogP contribution is 2.35. The first-order valence-electron chi connectivity index (χ1n) is 7.80. The SMILES string of the molecule is O=C(O)C1CCCCC1C(=O)N1CCCc2ccccc21. The van der Waals surface area contributed by atoms with Gasteiger partial charge in [0.05, 0.1) is 11.8 Å². The first-order valence-corrected chi connectivity index (χ1v) is 7.80. The summed E-state index contributed by atoms with van der Waals surface area (Å²) in [5, 5.41) is 9.38. The van der Waals surface area contributed by atoms with Crippen LogP contribution in [0.15, 0.2) is 24.3 Å². The van der Waals surface area contributed by atoms with Crippen molar-refractivity contribution in [2.24, 2.45) is 11.8 Å². The van der Waals surface area contributed by atoms with Crippen molar-refractivity contribution in [3.63, 3.8) is 0 Å². The lowest BCUT2D eigenvalue weighted by Crippen LogP contribution is -2.44. The number of benzene rings is 1. The summed E-state index contributed by atoms with van der Waals surface area (Å²) in [6.45, 7) is 0.707. The molecule has 1 amide bonds. The number of aliphatic carboxylic acids is 1. The van der Waals surface area contributed by atoms with Crippen molar-refractivity contribution in [3.8, 4) is 0 Å². The number of carboxylic acids is 1. The largest absolute Gasteiger partial charge is 0.481 e. The van der Waals surface area contributed by atoms with Gasteiger partial charge in [-0.2, -0.15) is 0 Å². The van der Waals surface area contributed by atoms with Gasteiger partial charge >= 0.3 is 5.97 Å². The number of hydrogen-bond acceptors (Lipinski definition) is 2. The molecule has 1 aromatic rings. The molecule has 0 saturated heterocycles. The molecular weight excluding hydrogens is 266 g/mol. The van der Waals surface area contributed by atoms with Crippen LogP contribution in [0.4, 0.5) is 5.69 Å². The average molecular weight is 287 g/mol. The highest BCUT2D eigenvalue weighted by molar-refractivity contribution is 5.98. The molecule has 0 bridgehead atoms. The van der Waals surface area contributed by atoms with Gasteiger partial charge in [-0.25, -0.2) is 0 Å². The van der Waals surface area contributed by atoms with Gasteiger partial charge in [-0.15, -0.1) is 0 Å². The first-order chi connectivity index (χ1) is 10.2. The zero-order valence-electron chi connectivity index (χ0n) is 12.1. The number of aryl methyl sites for hydroxylation is 1. The van der Waals surface area contributed by atoms with Crippen LogP contribution in [0.25, 0.3) is 0 Å². The van der Waals surface area contributed by atoms with Gasteiger partial charge in [-0.05, 0) is 37.3 Å². The fraction of sp³-hybridized carbons (Fsp3) is 0.529. The predicted octanol–water partition coefficient (Wildman–Crippen LogP) is 2.86. The average Bonchev–Trinajstić information content (AvgIpc) is 2.53. The predicted molar refractivity (Wildman–Crippen MR) is 80.2 cm³/mol. The zero-order valence-corrected chi connectivity index (χ0v) is 12.1. The Morgan fingerprint density at radius 1 is 1.05 bits per heavy atom. The summed E-state index contributed by atoms with van der Waals surface area (Å²) >= 11 is 0. The second-order valence-corrected chi connectivity index (χ2v) is 6.06. The van der Waals surface area contributed by atoms with Crippen LogP contribution in [-0.2, 0) is 16.0 Å². The Bertz CT molecular complexity index is 555. The van der Waals surface area contributed by atoms with Gasteiger partial charge < -0.3 is 10.0 Å². The fourth-order valence-electron chi connectivity index (χ4n) is 3.68. The maximum Gasteiger partial charge on any atom is 0.307 e. The fourth-order valence-corrected chi connectivity index (χ4v) is 3.68.